The first-order chi connectivity index (χ1) is 14.1. The fraction of sp³-hybridized carbons (Fsp3) is 0.522. The topological polar surface area (TPSA) is 51.0 Å². The summed E-state index contributed by atoms with van der Waals surface area (Å²) >= 11 is 0. The van der Waals surface area contributed by atoms with Gasteiger partial charge >= 0.3 is 0 Å². The molecule has 0 bridgehead atoms. The average molecular weight is 399 g/mol. The Bertz CT molecular complexity index is 791. The van der Waals surface area contributed by atoms with E-state index in [2.05, 4.69) is 76.5 Å². The van der Waals surface area contributed by atoms with E-state index in [0.717, 1.165) is 50.9 Å². The van der Waals surface area contributed by atoms with Gasteiger partial charge in [0, 0.05) is 58.2 Å². The molecule has 158 valence electrons. The molecule has 0 spiro atoms. The van der Waals surface area contributed by atoms with E-state index < -0.39 is 0 Å². The second kappa shape index (κ2) is 9.83. The molecule has 1 aromatic heterocycles. The summed E-state index contributed by atoms with van der Waals surface area (Å²) in [6.45, 7) is 5.90. The van der Waals surface area contributed by atoms with Crippen LogP contribution in [0.5, 0.6) is 5.75 Å². The number of aromatic nitrogens is 1. The van der Waals surface area contributed by atoms with Crippen molar-refractivity contribution in [2.24, 2.45) is 12.0 Å². The summed E-state index contributed by atoms with van der Waals surface area (Å²) in [5, 5.41) is 3.63. The first-order valence-electron chi connectivity index (χ1n) is 10.4. The molecule has 2 aromatic rings. The second-order valence-corrected chi connectivity index (χ2v) is 7.72. The minimum atomic E-state index is 0.0325. The molecule has 1 aliphatic rings. The van der Waals surface area contributed by atoms with Crippen LogP contribution < -0.4 is 10.1 Å². The lowest BCUT2D eigenvalue weighted by molar-refractivity contribution is 0.0512. The van der Waals surface area contributed by atoms with E-state index in [0.29, 0.717) is 6.61 Å². The van der Waals surface area contributed by atoms with Gasteiger partial charge in [-0.15, -0.1) is 0 Å². The van der Waals surface area contributed by atoms with Crippen molar-refractivity contribution in [3.05, 3.63) is 53.9 Å². The molecule has 0 amide bonds. The molecule has 3 rings (SSSR count). The van der Waals surface area contributed by atoms with E-state index in [1.54, 1.807) is 0 Å². The molecule has 1 fully saturated rings. The van der Waals surface area contributed by atoms with Gasteiger partial charge in [-0.1, -0.05) is 12.1 Å². The summed E-state index contributed by atoms with van der Waals surface area (Å²) in [4.78, 5) is 6.68. The molecule has 0 saturated carbocycles. The van der Waals surface area contributed by atoms with E-state index in [1.807, 2.05) is 14.0 Å². The standard InChI is InChI=1S/C23H34N4O2/c1-5-29-21-10-8-19(9-11-21)23(12-15-28-16-13-23)18-25-22(24-2)27(4)17-20-7-6-14-26(20)3/h6-11,14H,5,12-13,15-18H2,1-4H3,(H,24,25). The maximum Gasteiger partial charge on any atom is 0.193 e. The van der Waals surface area contributed by atoms with Crippen LogP contribution in [-0.2, 0) is 23.7 Å². The second-order valence-electron chi connectivity index (χ2n) is 7.72. The van der Waals surface area contributed by atoms with Crippen LogP contribution >= 0.6 is 0 Å². The monoisotopic (exact) mass is 398 g/mol. The van der Waals surface area contributed by atoms with Crippen molar-refractivity contribution in [1.29, 1.82) is 0 Å². The summed E-state index contributed by atoms with van der Waals surface area (Å²) in [5.41, 5.74) is 2.62. The largest absolute Gasteiger partial charge is 0.494 e. The van der Waals surface area contributed by atoms with Gasteiger partial charge in [-0.25, -0.2) is 0 Å². The molecule has 1 N–H and O–H groups in total. The Morgan fingerprint density at radius 1 is 1.24 bits per heavy atom. The number of aliphatic imine (C=N–C) groups is 1. The Balaban J connectivity index is 1.71. The zero-order chi connectivity index (χ0) is 20.7. The highest BCUT2D eigenvalue weighted by atomic mass is 16.5. The zero-order valence-electron chi connectivity index (χ0n) is 18.1. The van der Waals surface area contributed by atoms with Crippen molar-refractivity contribution in [3.8, 4) is 5.75 Å². The van der Waals surface area contributed by atoms with Gasteiger partial charge in [-0.3, -0.25) is 4.99 Å². The Morgan fingerprint density at radius 3 is 2.55 bits per heavy atom. The molecule has 29 heavy (non-hydrogen) atoms. The SMILES string of the molecule is CCOc1ccc(C2(CNC(=NC)N(C)Cc3cccn3C)CCOCC2)cc1. The number of rotatable bonds is 7. The van der Waals surface area contributed by atoms with Crippen LogP contribution in [-0.4, -0.2) is 55.9 Å². The molecular weight excluding hydrogens is 364 g/mol. The third kappa shape index (κ3) is 5.12. The smallest absolute Gasteiger partial charge is 0.193 e. The molecule has 2 heterocycles. The molecular formula is C23H34N4O2. The van der Waals surface area contributed by atoms with E-state index in [9.17, 15) is 0 Å². The minimum Gasteiger partial charge on any atom is -0.494 e. The number of hydrogen-bond acceptors (Lipinski definition) is 3. The van der Waals surface area contributed by atoms with E-state index in [1.165, 1.54) is 11.3 Å². The fourth-order valence-electron chi connectivity index (χ4n) is 4.01. The predicted octanol–water partition coefficient (Wildman–Crippen LogP) is 3.18. The van der Waals surface area contributed by atoms with Crippen molar-refractivity contribution in [1.82, 2.24) is 14.8 Å². The minimum absolute atomic E-state index is 0.0325. The van der Waals surface area contributed by atoms with Crippen LogP contribution in [0.15, 0.2) is 47.6 Å². The van der Waals surface area contributed by atoms with E-state index >= 15 is 0 Å². The highest BCUT2D eigenvalue weighted by Crippen LogP contribution is 2.35. The summed E-state index contributed by atoms with van der Waals surface area (Å²) in [6, 6.07) is 12.8. The van der Waals surface area contributed by atoms with Gasteiger partial charge in [0.25, 0.3) is 0 Å². The summed E-state index contributed by atoms with van der Waals surface area (Å²) in [6.07, 6.45) is 4.06. The first-order valence-corrected chi connectivity index (χ1v) is 10.4. The molecule has 0 aliphatic carbocycles. The fourth-order valence-corrected chi connectivity index (χ4v) is 4.01. The maximum atomic E-state index is 5.68. The van der Waals surface area contributed by atoms with Gasteiger partial charge < -0.3 is 24.3 Å². The van der Waals surface area contributed by atoms with Crippen molar-refractivity contribution >= 4 is 5.96 Å². The molecule has 6 heteroatoms. The molecule has 0 atom stereocenters. The summed E-state index contributed by atoms with van der Waals surface area (Å²) in [5.74, 6) is 1.83. The van der Waals surface area contributed by atoms with Crippen LogP contribution in [0.1, 0.15) is 31.0 Å². The molecule has 1 saturated heterocycles. The lowest BCUT2D eigenvalue weighted by atomic mass is 9.74. The normalized spacial score (nSPS) is 16.5. The average Bonchev–Trinajstić information content (AvgIpc) is 3.14. The highest BCUT2D eigenvalue weighted by molar-refractivity contribution is 5.79. The Kier molecular flexibility index (Phi) is 7.20. The van der Waals surface area contributed by atoms with E-state index in [-0.39, 0.29) is 5.41 Å². The molecule has 1 aliphatic heterocycles. The van der Waals surface area contributed by atoms with Crippen molar-refractivity contribution in [2.45, 2.75) is 31.7 Å². The van der Waals surface area contributed by atoms with Gasteiger partial charge in [0.1, 0.15) is 5.75 Å². The van der Waals surface area contributed by atoms with Gasteiger partial charge in [0.2, 0.25) is 0 Å². The van der Waals surface area contributed by atoms with Crippen LogP contribution in [0.2, 0.25) is 0 Å². The first kappa shape index (κ1) is 21.2. The molecule has 0 unspecified atom stereocenters. The van der Waals surface area contributed by atoms with Crippen molar-refractivity contribution in [2.75, 3.05) is 40.5 Å². The number of nitrogens with zero attached hydrogens (tertiary/aromatic N) is 3. The zero-order valence-corrected chi connectivity index (χ0v) is 18.1. The Labute approximate surface area is 174 Å². The maximum absolute atomic E-state index is 5.68. The summed E-state index contributed by atoms with van der Waals surface area (Å²) in [7, 11) is 6.00. The van der Waals surface area contributed by atoms with Gasteiger partial charge in [-0.2, -0.15) is 0 Å². The number of guanidine groups is 1. The quantitative estimate of drug-likeness (QED) is 0.575. The Morgan fingerprint density at radius 2 is 1.97 bits per heavy atom. The van der Waals surface area contributed by atoms with Crippen molar-refractivity contribution < 1.29 is 9.47 Å². The van der Waals surface area contributed by atoms with Crippen LogP contribution in [0.25, 0.3) is 0 Å². The molecule has 1 aromatic carbocycles. The number of aryl methyl sites for hydroxylation is 1. The number of benzene rings is 1. The van der Waals surface area contributed by atoms with Gasteiger partial charge in [0.15, 0.2) is 5.96 Å². The Hall–Kier alpha value is -2.47. The van der Waals surface area contributed by atoms with Crippen LogP contribution in [0.3, 0.4) is 0 Å². The highest BCUT2D eigenvalue weighted by Gasteiger charge is 2.35. The van der Waals surface area contributed by atoms with Crippen LogP contribution in [0.4, 0.5) is 0 Å². The third-order valence-electron chi connectivity index (χ3n) is 5.84. The lowest BCUT2D eigenvalue weighted by Crippen LogP contribution is -2.48. The van der Waals surface area contributed by atoms with Crippen molar-refractivity contribution in [3.63, 3.8) is 0 Å². The van der Waals surface area contributed by atoms with Gasteiger partial charge in [0.05, 0.1) is 13.2 Å². The van der Waals surface area contributed by atoms with E-state index in [4.69, 9.17) is 9.47 Å². The van der Waals surface area contributed by atoms with Gasteiger partial charge in [-0.05, 0) is 49.6 Å². The molecule has 0 radical (unpaired) electrons. The summed E-state index contributed by atoms with van der Waals surface area (Å²) < 4.78 is 13.4. The van der Waals surface area contributed by atoms with Crippen LogP contribution in [0, 0.1) is 0 Å². The molecule has 6 nitrogen and oxygen atoms in total. The lowest BCUT2D eigenvalue weighted by Gasteiger charge is -2.39. The number of hydrogen-bond donors (Lipinski definition) is 1. The third-order valence-corrected chi connectivity index (χ3v) is 5.84. The number of nitrogens with one attached hydrogen (secondary N) is 1. The number of ether oxygens (including phenoxy) is 2. The predicted molar refractivity (Wildman–Crippen MR) is 118 cm³/mol.